The second kappa shape index (κ2) is 7.01. The highest BCUT2D eigenvalue weighted by molar-refractivity contribution is 5.69. The first-order chi connectivity index (χ1) is 8.87. The molecule has 19 heavy (non-hydrogen) atoms. The smallest absolute Gasteiger partial charge is 0.389 e. The highest BCUT2D eigenvalue weighted by atomic mass is 19.4. The summed E-state index contributed by atoms with van der Waals surface area (Å²) in [6.07, 6.45) is -4.74. The van der Waals surface area contributed by atoms with Crippen LogP contribution in [0.2, 0.25) is 0 Å². The van der Waals surface area contributed by atoms with Gasteiger partial charge in [0, 0.05) is 18.5 Å². The molecule has 1 rings (SSSR count). The fourth-order valence-electron chi connectivity index (χ4n) is 1.53. The van der Waals surface area contributed by atoms with E-state index in [-0.39, 0.29) is 19.4 Å². The normalized spacial score (nSPS) is 11.3. The maximum Gasteiger partial charge on any atom is 0.389 e. The molecule has 106 valence electrons. The number of anilines is 1. The lowest BCUT2D eigenvalue weighted by molar-refractivity contribution is -0.150. The molecular weight excluding hydrogens is 259 g/mol. The molecule has 0 aliphatic rings. The predicted octanol–water partition coefficient (Wildman–Crippen LogP) is 3.09. The number of aryl methyl sites for hydroxylation is 1. The van der Waals surface area contributed by atoms with E-state index in [9.17, 15) is 18.0 Å². The van der Waals surface area contributed by atoms with Crippen LogP contribution in [0.25, 0.3) is 0 Å². The van der Waals surface area contributed by atoms with Crippen molar-refractivity contribution in [2.75, 3.05) is 12.3 Å². The molecule has 1 aromatic rings. The first-order valence-corrected chi connectivity index (χ1v) is 5.93. The number of hydrogen-bond donors (Lipinski definition) is 1. The van der Waals surface area contributed by atoms with E-state index in [1.54, 1.807) is 18.2 Å². The van der Waals surface area contributed by atoms with Gasteiger partial charge in [0.05, 0.1) is 6.61 Å². The Morgan fingerprint density at radius 2 is 2.05 bits per heavy atom. The van der Waals surface area contributed by atoms with Crippen molar-refractivity contribution in [2.45, 2.75) is 31.9 Å². The fourth-order valence-corrected chi connectivity index (χ4v) is 1.53. The molecular formula is C13H16F3NO2. The van der Waals surface area contributed by atoms with E-state index < -0.39 is 18.6 Å². The van der Waals surface area contributed by atoms with Crippen molar-refractivity contribution in [3.8, 4) is 0 Å². The van der Waals surface area contributed by atoms with Crippen LogP contribution in [0.5, 0.6) is 0 Å². The van der Waals surface area contributed by atoms with Gasteiger partial charge in [0.25, 0.3) is 0 Å². The Kier molecular flexibility index (Phi) is 5.66. The van der Waals surface area contributed by atoms with Crippen molar-refractivity contribution in [2.24, 2.45) is 0 Å². The number of benzene rings is 1. The topological polar surface area (TPSA) is 52.3 Å². The summed E-state index contributed by atoms with van der Waals surface area (Å²) in [5.41, 5.74) is 7.08. The summed E-state index contributed by atoms with van der Waals surface area (Å²) >= 11 is 0. The number of carbonyl (C=O) groups excluding carboxylic acids is 1. The maximum atomic E-state index is 11.8. The van der Waals surface area contributed by atoms with Crippen molar-refractivity contribution in [3.05, 3.63) is 29.8 Å². The number of nitrogens with two attached hydrogens (primary N) is 1. The number of halogens is 3. The third kappa shape index (κ3) is 7.33. The van der Waals surface area contributed by atoms with Crippen molar-refractivity contribution < 1.29 is 22.7 Å². The molecule has 0 spiro atoms. The third-order valence-electron chi connectivity index (χ3n) is 2.44. The highest BCUT2D eigenvalue weighted by Gasteiger charge is 2.26. The maximum absolute atomic E-state index is 11.8. The minimum atomic E-state index is -4.20. The van der Waals surface area contributed by atoms with Crippen molar-refractivity contribution in [1.29, 1.82) is 0 Å². The van der Waals surface area contributed by atoms with E-state index in [2.05, 4.69) is 0 Å². The van der Waals surface area contributed by atoms with Gasteiger partial charge in [-0.15, -0.1) is 0 Å². The van der Waals surface area contributed by atoms with Crippen LogP contribution in [-0.2, 0) is 16.0 Å². The van der Waals surface area contributed by atoms with Gasteiger partial charge < -0.3 is 10.5 Å². The molecule has 0 unspecified atom stereocenters. The largest absolute Gasteiger partial charge is 0.466 e. The number of esters is 1. The zero-order chi connectivity index (χ0) is 14.3. The molecule has 0 saturated carbocycles. The van der Waals surface area contributed by atoms with Gasteiger partial charge in [0.2, 0.25) is 0 Å². The summed E-state index contributed by atoms with van der Waals surface area (Å²) in [5.74, 6) is -0.496. The zero-order valence-corrected chi connectivity index (χ0v) is 10.4. The van der Waals surface area contributed by atoms with E-state index in [1.165, 1.54) is 0 Å². The van der Waals surface area contributed by atoms with Gasteiger partial charge in [-0.25, -0.2) is 0 Å². The Hall–Kier alpha value is -1.72. The summed E-state index contributed by atoms with van der Waals surface area (Å²) in [6, 6.07) is 7.09. The van der Waals surface area contributed by atoms with Crippen LogP contribution in [0.3, 0.4) is 0 Å². The lowest BCUT2D eigenvalue weighted by Gasteiger charge is -2.07. The second-order valence-corrected chi connectivity index (χ2v) is 4.18. The number of nitrogen functional groups attached to an aromatic ring is 1. The number of rotatable bonds is 6. The average Bonchev–Trinajstić information content (AvgIpc) is 2.31. The lowest BCUT2D eigenvalue weighted by Crippen LogP contribution is -2.11. The monoisotopic (exact) mass is 275 g/mol. The highest BCUT2D eigenvalue weighted by Crippen LogP contribution is 2.21. The van der Waals surface area contributed by atoms with Crippen LogP contribution in [0.1, 0.15) is 24.8 Å². The number of carbonyl (C=O) groups is 1. The van der Waals surface area contributed by atoms with E-state index in [0.29, 0.717) is 12.1 Å². The molecule has 0 radical (unpaired) electrons. The molecule has 3 nitrogen and oxygen atoms in total. The molecule has 0 saturated heterocycles. The fraction of sp³-hybridized carbons (Fsp3) is 0.462. The number of ether oxygens (including phenoxy) is 1. The standard InChI is InChI=1S/C13H16F3NO2/c14-13(15,16)7-2-8-19-12(18)6-5-10-3-1-4-11(17)9-10/h1,3-4,9H,2,5-8,17H2. The van der Waals surface area contributed by atoms with E-state index >= 15 is 0 Å². The Balaban J connectivity index is 2.18. The van der Waals surface area contributed by atoms with E-state index in [1.807, 2.05) is 6.07 Å². The first-order valence-electron chi connectivity index (χ1n) is 5.93. The van der Waals surface area contributed by atoms with Gasteiger partial charge in [0.15, 0.2) is 0 Å². The van der Waals surface area contributed by atoms with Crippen molar-refractivity contribution in [3.63, 3.8) is 0 Å². The second-order valence-electron chi connectivity index (χ2n) is 4.18. The molecule has 6 heteroatoms. The minimum Gasteiger partial charge on any atom is -0.466 e. The molecule has 0 bridgehead atoms. The molecule has 2 N–H and O–H groups in total. The summed E-state index contributed by atoms with van der Waals surface area (Å²) in [6.45, 7) is -0.199. The minimum absolute atomic E-state index is 0.134. The Labute approximate surface area is 109 Å². The van der Waals surface area contributed by atoms with Crippen LogP contribution in [0.4, 0.5) is 18.9 Å². The summed E-state index contributed by atoms with van der Waals surface area (Å²) in [4.78, 5) is 11.3. The van der Waals surface area contributed by atoms with Gasteiger partial charge in [0.1, 0.15) is 0 Å². The van der Waals surface area contributed by atoms with Crippen LogP contribution in [0.15, 0.2) is 24.3 Å². The van der Waals surface area contributed by atoms with Gasteiger partial charge in [-0.3, -0.25) is 4.79 Å². The van der Waals surface area contributed by atoms with Crippen molar-refractivity contribution in [1.82, 2.24) is 0 Å². The van der Waals surface area contributed by atoms with Crippen LogP contribution in [-0.4, -0.2) is 18.8 Å². The molecule has 0 atom stereocenters. The Bertz CT molecular complexity index is 419. The van der Waals surface area contributed by atoms with Crippen LogP contribution in [0, 0.1) is 0 Å². The zero-order valence-electron chi connectivity index (χ0n) is 10.4. The summed E-state index contributed by atoms with van der Waals surface area (Å²) < 4.78 is 40.2. The van der Waals surface area contributed by atoms with Gasteiger partial charge in [-0.1, -0.05) is 12.1 Å². The Morgan fingerprint density at radius 1 is 1.32 bits per heavy atom. The summed E-state index contributed by atoms with van der Waals surface area (Å²) in [5, 5.41) is 0. The van der Waals surface area contributed by atoms with E-state index in [4.69, 9.17) is 10.5 Å². The quantitative estimate of drug-likeness (QED) is 0.493. The van der Waals surface area contributed by atoms with Crippen LogP contribution < -0.4 is 5.73 Å². The SMILES string of the molecule is Nc1cccc(CCC(=O)OCCCC(F)(F)F)c1. The van der Waals surface area contributed by atoms with Gasteiger partial charge >= 0.3 is 12.1 Å². The summed E-state index contributed by atoms with van der Waals surface area (Å²) in [7, 11) is 0. The molecule has 0 heterocycles. The Morgan fingerprint density at radius 3 is 2.68 bits per heavy atom. The molecule has 0 aliphatic heterocycles. The molecule has 0 aromatic heterocycles. The third-order valence-corrected chi connectivity index (χ3v) is 2.44. The molecule has 0 fully saturated rings. The number of hydrogen-bond acceptors (Lipinski definition) is 3. The predicted molar refractivity (Wildman–Crippen MR) is 65.4 cm³/mol. The molecule has 0 aliphatic carbocycles. The average molecular weight is 275 g/mol. The lowest BCUT2D eigenvalue weighted by atomic mass is 10.1. The molecule has 0 amide bonds. The first kappa shape index (κ1) is 15.3. The molecule has 1 aromatic carbocycles. The van der Waals surface area contributed by atoms with Gasteiger partial charge in [-0.2, -0.15) is 13.2 Å². The van der Waals surface area contributed by atoms with Crippen LogP contribution >= 0.6 is 0 Å². The van der Waals surface area contributed by atoms with Crippen molar-refractivity contribution >= 4 is 11.7 Å². The van der Waals surface area contributed by atoms with E-state index in [0.717, 1.165) is 5.56 Å². The number of alkyl halides is 3. The van der Waals surface area contributed by atoms with Gasteiger partial charge in [-0.05, 0) is 30.5 Å².